The summed E-state index contributed by atoms with van der Waals surface area (Å²) in [5.74, 6) is -3.66. The highest BCUT2D eigenvalue weighted by molar-refractivity contribution is 7.90. The Labute approximate surface area is 261 Å². The van der Waals surface area contributed by atoms with Crippen molar-refractivity contribution in [2.45, 2.75) is 128 Å². The van der Waals surface area contributed by atoms with Crippen molar-refractivity contribution < 1.29 is 36.0 Å². The van der Waals surface area contributed by atoms with Crippen molar-refractivity contribution in [3.05, 3.63) is 29.6 Å². The third kappa shape index (κ3) is 11.0. The minimum Gasteiger partial charge on any atom is -0.598 e. The van der Waals surface area contributed by atoms with Crippen LogP contribution in [0.4, 0.5) is 22.0 Å². The number of rotatable bonds is 13. The number of imidazole rings is 1. The van der Waals surface area contributed by atoms with Gasteiger partial charge in [0, 0.05) is 45.3 Å². The first-order valence-corrected chi connectivity index (χ1v) is 20.0. The fourth-order valence-electron chi connectivity index (χ4n) is 5.14. The van der Waals surface area contributed by atoms with Crippen LogP contribution in [0, 0.1) is 5.92 Å². The summed E-state index contributed by atoms with van der Waals surface area (Å²) in [6.45, 7) is 14.4. The van der Waals surface area contributed by atoms with Crippen molar-refractivity contribution >= 4 is 36.4 Å². The van der Waals surface area contributed by atoms with E-state index in [4.69, 9.17) is 9.72 Å². The molecule has 1 saturated carbocycles. The summed E-state index contributed by atoms with van der Waals surface area (Å²) in [6.07, 6.45) is -6.01. The Hall–Kier alpha value is -1.74. The second-order valence-corrected chi connectivity index (χ2v) is 21.7. The van der Waals surface area contributed by atoms with E-state index >= 15 is 0 Å². The van der Waals surface area contributed by atoms with E-state index in [0.29, 0.717) is 41.9 Å². The largest absolute Gasteiger partial charge is 0.598 e. The molecule has 4 atom stereocenters. The molecule has 0 bridgehead atoms. The van der Waals surface area contributed by atoms with Crippen LogP contribution < -0.4 is 10.0 Å². The van der Waals surface area contributed by atoms with Crippen LogP contribution in [0.1, 0.15) is 89.7 Å². The van der Waals surface area contributed by atoms with Crippen molar-refractivity contribution in [3.63, 3.8) is 0 Å². The summed E-state index contributed by atoms with van der Waals surface area (Å²) in [5, 5.41) is 2.61. The molecule has 3 rings (SSSR count). The maximum absolute atomic E-state index is 14.7. The highest BCUT2D eigenvalue weighted by atomic mass is 32.2. The fourth-order valence-corrected chi connectivity index (χ4v) is 6.78. The van der Waals surface area contributed by atoms with Crippen LogP contribution in [0.5, 0.6) is 0 Å². The number of carbonyl (C=O) groups is 1. The normalized spacial score (nSPS) is 20.0. The Kier molecular flexibility index (Phi) is 12.0. The van der Waals surface area contributed by atoms with E-state index in [1.54, 1.807) is 25.1 Å². The molecule has 1 unspecified atom stereocenters. The molecule has 1 aromatic carbocycles. The Balaban J connectivity index is 2.01. The number of carbonyl (C=O) groups excluding carboxylic acids is 1. The van der Waals surface area contributed by atoms with E-state index < -0.39 is 73.0 Å². The first-order valence-electron chi connectivity index (χ1n) is 15.1. The number of nitrogens with one attached hydrogen (secondary N) is 2. The molecule has 250 valence electrons. The average Bonchev–Trinajstić information content (AvgIpc) is 3.23. The molecule has 2 N–H and O–H groups in total. The summed E-state index contributed by atoms with van der Waals surface area (Å²) < 4.78 is 90.9. The van der Waals surface area contributed by atoms with Gasteiger partial charge in [-0.3, -0.25) is 4.79 Å². The zero-order valence-corrected chi connectivity index (χ0v) is 28.6. The van der Waals surface area contributed by atoms with Crippen molar-refractivity contribution in [3.8, 4) is 0 Å². The van der Waals surface area contributed by atoms with Crippen LogP contribution in [-0.2, 0) is 27.6 Å². The molecule has 1 fully saturated rings. The van der Waals surface area contributed by atoms with Crippen molar-refractivity contribution in [2.75, 3.05) is 6.61 Å². The number of hydrogen-bond donors (Lipinski definition) is 2. The standard InChI is InChI=1S/C30H47F5N4O3SSi/c1-20(36-25(40)12-14-30(33,34)35)21-10-11-24-23(17-21)37-27(39(24)19-42-15-16-44(5,6)7)26(38-43(41)28(2,3)4)22-9-8-13-29(31,32)18-22/h10-11,17,20,22,26,38H,8-9,12-16,18-19H2,1-7H3,(H,36,40)/t20-,22-,26+,43?/m1/s1. The van der Waals surface area contributed by atoms with E-state index in [1.807, 2.05) is 25.3 Å². The monoisotopic (exact) mass is 666 g/mol. The van der Waals surface area contributed by atoms with Crippen molar-refractivity contribution in [1.82, 2.24) is 19.6 Å². The third-order valence-corrected chi connectivity index (χ3v) is 11.0. The lowest BCUT2D eigenvalue weighted by molar-refractivity contribution is -0.144. The molecular formula is C30H47F5N4O3SSi. The first-order chi connectivity index (χ1) is 20.2. The Morgan fingerprint density at radius 3 is 2.52 bits per heavy atom. The summed E-state index contributed by atoms with van der Waals surface area (Å²) in [6, 6.07) is 4.85. The molecule has 0 radical (unpaired) electrons. The second-order valence-electron chi connectivity index (χ2n) is 14.1. The number of nitrogens with zero attached hydrogens (tertiary/aromatic N) is 2. The lowest BCUT2D eigenvalue weighted by Crippen LogP contribution is -2.45. The molecule has 1 aliphatic carbocycles. The molecule has 0 saturated heterocycles. The average molecular weight is 667 g/mol. The van der Waals surface area contributed by atoms with Crippen LogP contribution in [0.15, 0.2) is 18.2 Å². The second kappa shape index (κ2) is 14.4. The molecule has 1 amide bonds. The van der Waals surface area contributed by atoms with Crippen LogP contribution in [-0.4, -0.2) is 51.5 Å². The molecule has 2 aromatic rings. The van der Waals surface area contributed by atoms with Crippen LogP contribution in [0.2, 0.25) is 25.7 Å². The summed E-state index contributed by atoms with van der Waals surface area (Å²) >= 11 is -1.58. The Bertz CT molecular complexity index is 1260. The Morgan fingerprint density at radius 1 is 1.25 bits per heavy atom. The van der Waals surface area contributed by atoms with Gasteiger partial charge in [0.05, 0.1) is 23.5 Å². The lowest BCUT2D eigenvalue weighted by Gasteiger charge is -2.36. The summed E-state index contributed by atoms with van der Waals surface area (Å²) in [5.41, 5.74) is 1.81. The van der Waals surface area contributed by atoms with Gasteiger partial charge in [0.1, 0.15) is 23.3 Å². The molecule has 0 spiro atoms. The number of amides is 1. The van der Waals surface area contributed by atoms with Crippen LogP contribution in [0.25, 0.3) is 11.0 Å². The van der Waals surface area contributed by atoms with Gasteiger partial charge in [-0.25, -0.2) is 13.8 Å². The zero-order chi connectivity index (χ0) is 33.1. The number of alkyl halides is 5. The van der Waals surface area contributed by atoms with Gasteiger partial charge in [0.15, 0.2) is 0 Å². The highest BCUT2D eigenvalue weighted by Gasteiger charge is 2.44. The van der Waals surface area contributed by atoms with Gasteiger partial charge in [-0.15, -0.1) is 4.72 Å². The topological polar surface area (TPSA) is 91.2 Å². The smallest absolute Gasteiger partial charge is 0.389 e. The third-order valence-electron chi connectivity index (χ3n) is 7.75. The maximum Gasteiger partial charge on any atom is 0.389 e. The molecule has 14 heteroatoms. The fraction of sp³-hybridized carbons (Fsp3) is 0.733. The van der Waals surface area contributed by atoms with E-state index in [9.17, 15) is 31.3 Å². The van der Waals surface area contributed by atoms with Gasteiger partial charge in [-0.2, -0.15) is 13.2 Å². The van der Waals surface area contributed by atoms with Crippen molar-refractivity contribution in [2.24, 2.45) is 5.92 Å². The number of aromatic nitrogens is 2. The molecule has 7 nitrogen and oxygen atoms in total. The maximum atomic E-state index is 14.7. The molecular weight excluding hydrogens is 619 g/mol. The highest BCUT2D eigenvalue weighted by Crippen LogP contribution is 2.43. The number of hydrogen-bond acceptors (Lipinski definition) is 5. The SMILES string of the molecule is C[C@@H](NC(=O)CCC(F)(F)F)c1ccc2c(c1)nc([C@@H](N[S+]([O-])C(C)(C)C)[C@@H]1CCCC(F)(F)C1)n2COCC[Si](C)(C)C. The summed E-state index contributed by atoms with van der Waals surface area (Å²) in [4.78, 5) is 17.0. The van der Waals surface area contributed by atoms with E-state index in [0.717, 1.165) is 6.04 Å². The van der Waals surface area contributed by atoms with E-state index in [2.05, 4.69) is 29.7 Å². The quantitative estimate of drug-likeness (QED) is 0.0986. The van der Waals surface area contributed by atoms with Gasteiger partial charge in [0.2, 0.25) is 11.8 Å². The van der Waals surface area contributed by atoms with Gasteiger partial charge in [0.25, 0.3) is 0 Å². The molecule has 0 aliphatic heterocycles. The number of ether oxygens (including phenoxy) is 1. The first kappa shape index (κ1) is 36.7. The lowest BCUT2D eigenvalue weighted by atomic mass is 9.81. The van der Waals surface area contributed by atoms with Gasteiger partial charge >= 0.3 is 6.18 Å². The molecule has 44 heavy (non-hydrogen) atoms. The minimum absolute atomic E-state index is 0.114. The molecule has 1 aromatic heterocycles. The van der Waals surface area contributed by atoms with E-state index in [-0.39, 0.29) is 19.6 Å². The van der Waals surface area contributed by atoms with Crippen molar-refractivity contribution in [1.29, 1.82) is 0 Å². The van der Waals surface area contributed by atoms with E-state index in [1.165, 1.54) is 0 Å². The molecule has 1 heterocycles. The van der Waals surface area contributed by atoms with Gasteiger partial charge < -0.3 is 19.2 Å². The predicted molar refractivity (Wildman–Crippen MR) is 166 cm³/mol. The van der Waals surface area contributed by atoms with Gasteiger partial charge in [-0.1, -0.05) is 25.7 Å². The molecule has 1 aliphatic rings. The minimum atomic E-state index is -4.43. The number of halogens is 5. The number of fused-ring (bicyclic) bond motifs is 1. The Morgan fingerprint density at radius 2 is 1.93 bits per heavy atom. The van der Waals surface area contributed by atoms with Crippen LogP contribution in [0.3, 0.4) is 0 Å². The number of benzene rings is 1. The van der Waals surface area contributed by atoms with Gasteiger partial charge in [-0.05, 0) is 70.2 Å². The van der Waals surface area contributed by atoms with Crippen LogP contribution >= 0.6 is 0 Å². The zero-order valence-electron chi connectivity index (χ0n) is 26.7. The summed E-state index contributed by atoms with van der Waals surface area (Å²) in [7, 11) is -1.39. The predicted octanol–water partition coefficient (Wildman–Crippen LogP) is 7.79.